The van der Waals surface area contributed by atoms with Gasteiger partial charge in [-0.3, -0.25) is 0 Å². The number of rotatable bonds is 13. The summed E-state index contributed by atoms with van der Waals surface area (Å²) in [6.07, 6.45) is 7.56. The molecule has 6 heteroatoms. The van der Waals surface area contributed by atoms with Crippen LogP contribution in [0.1, 0.15) is 49.9 Å². The molecular weight excluding hydrogens is 394 g/mol. The molecule has 0 amide bonds. The van der Waals surface area contributed by atoms with Crippen molar-refractivity contribution in [1.29, 1.82) is 5.26 Å². The van der Waals surface area contributed by atoms with Crippen LogP contribution in [0.15, 0.2) is 73.6 Å². The Morgan fingerprint density at radius 3 is 2.19 bits per heavy atom. The number of carbonyl (C=O) groups excluding carboxylic acids is 2. The second kappa shape index (κ2) is 17.3. The van der Waals surface area contributed by atoms with Crippen molar-refractivity contribution >= 4 is 11.9 Å². The fourth-order valence-electron chi connectivity index (χ4n) is 2.11. The third kappa shape index (κ3) is 13.3. The predicted molar refractivity (Wildman–Crippen MR) is 121 cm³/mol. The van der Waals surface area contributed by atoms with Crippen LogP contribution in [0.25, 0.3) is 0 Å². The Balaban J connectivity index is 0.00000436. The van der Waals surface area contributed by atoms with Crippen molar-refractivity contribution in [3.8, 4) is 11.8 Å². The van der Waals surface area contributed by atoms with E-state index in [0.29, 0.717) is 24.5 Å². The van der Waals surface area contributed by atoms with E-state index in [9.17, 15) is 9.59 Å². The van der Waals surface area contributed by atoms with Gasteiger partial charge in [-0.05, 0) is 62.1 Å². The van der Waals surface area contributed by atoms with E-state index in [1.165, 1.54) is 12.2 Å². The first-order chi connectivity index (χ1) is 15.0. The van der Waals surface area contributed by atoms with Gasteiger partial charge >= 0.3 is 11.9 Å². The van der Waals surface area contributed by atoms with Crippen molar-refractivity contribution in [2.24, 2.45) is 0 Å². The minimum atomic E-state index is -0.550. The molecule has 0 bridgehead atoms. The summed E-state index contributed by atoms with van der Waals surface area (Å²) < 4.78 is 15.6. The normalized spacial score (nSPS) is 9.58. The molecule has 0 aliphatic rings. The van der Waals surface area contributed by atoms with Crippen molar-refractivity contribution in [2.75, 3.05) is 13.2 Å². The summed E-state index contributed by atoms with van der Waals surface area (Å²) in [6, 6.07) is 8.46. The smallest absolute Gasteiger partial charge is 0.343 e. The first-order valence-electron chi connectivity index (χ1n) is 10.2. The largest absolute Gasteiger partial charge is 0.494 e. The first-order valence-corrected chi connectivity index (χ1v) is 10.2. The number of carbonyl (C=O) groups is 2. The van der Waals surface area contributed by atoms with E-state index < -0.39 is 11.9 Å². The third-order valence-corrected chi connectivity index (χ3v) is 3.65. The van der Waals surface area contributed by atoms with Crippen LogP contribution >= 0.6 is 0 Å². The van der Waals surface area contributed by atoms with E-state index in [1.807, 2.05) is 19.9 Å². The number of nitriles is 1. The fourth-order valence-corrected chi connectivity index (χ4v) is 2.11. The molecule has 0 aromatic heterocycles. The highest BCUT2D eigenvalue weighted by Crippen LogP contribution is 2.15. The molecule has 1 rings (SSSR count). The second-order valence-corrected chi connectivity index (χ2v) is 5.98. The Hall–Kier alpha value is -3.59. The number of hydrogen-bond acceptors (Lipinski definition) is 6. The van der Waals surface area contributed by atoms with E-state index >= 15 is 0 Å². The Labute approximate surface area is 185 Å². The van der Waals surface area contributed by atoms with Crippen LogP contribution in [0.3, 0.4) is 0 Å². The van der Waals surface area contributed by atoms with E-state index in [2.05, 4.69) is 19.7 Å². The van der Waals surface area contributed by atoms with Gasteiger partial charge in [0.05, 0.1) is 24.8 Å². The van der Waals surface area contributed by atoms with Crippen LogP contribution in [-0.4, -0.2) is 25.2 Å². The molecule has 0 N–H and O–H groups in total. The zero-order valence-corrected chi connectivity index (χ0v) is 18.4. The van der Waals surface area contributed by atoms with Crippen molar-refractivity contribution in [1.82, 2.24) is 0 Å². The average molecular weight is 426 g/mol. The number of esters is 2. The predicted octanol–water partition coefficient (Wildman–Crippen LogP) is 5.69. The number of hydrogen-bond donors (Lipinski definition) is 0. The lowest BCUT2D eigenvalue weighted by Gasteiger charge is -2.08. The standard InChI is InChI=1S/C23H25NO5.C2H6/c1-4-22(25)28-16-8-6-5-7-15-27-21-13-11-20(12-14-21)23(26)29-19(3)10-9-18(2)17-24;1-2/h4,9-14H,1-3,5-8,15-16H2;1-2H3/b10-9-;. The van der Waals surface area contributed by atoms with Crippen LogP contribution in [0.2, 0.25) is 0 Å². The highest BCUT2D eigenvalue weighted by atomic mass is 16.5. The summed E-state index contributed by atoms with van der Waals surface area (Å²) in [7, 11) is 0. The summed E-state index contributed by atoms with van der Waals surface area (Å²) in [5, 5.41) is 8.62. The van der Waals surface area contributed by atoms with Gasteiger partial charge in [-0.15, -0.1) is 0 Å². The number of allylic oxidation sites excluding steroid dienone is 3. The van der Waals surface area contributed by atoms with Crippen molar-refractivity contribution in [2.45, 2.75) is 39.5 Å². The number of unbranched alkanes of at least 4 members (excludes halogenated alkanes) is 3. The summed E-state index contributed by atoms with van der Waals surface area (Å²) in [5.74, 6) is -0.172. The number of benzene rings is 1. The minimum Gasteiger partial charge on any atom is -0.494 e. The molecule has 0 saturated carbocycles. The number of ether oxygens (including phenoxy) is 3. The van der Waals surface area contributed by atoms with Gasteiger partial charge in [0.25, 0.3) is 0 Å². The molecule has 6 nitrogen and oxygen atoms in total. The van der Waals surface area contributed by atoms with E-state index in [0.717, 1.165) is 31.8 Å². The highest BCUT2D eigenvalue weighted by Gasteiger charge is 2.08. The molecule has 166 valence electrons. The van der Waals surface area contributed by atoms with E-state index in [4.69, 9.17) is 19.5 Å². The molecule has 0 aliphatic heterocycles. The lowest BCUT2D eigenvalue weighted by Crippen LogP contribution is -2.04. The van der Waals surface area contributed by atoms with E-state index in [-0.39, 0.29) is 11.3 Å². The van der Waals surface area contributed by atoms with Gasteiger partial charge in [0.15, 0.2) is 0 Å². The topological polar surface area (TPSA) is 85.6 Å². The molecular formula is C25H31NO5. The fraction of sp³-hybridized carbons (Fsp3) is 0.320. The summed E-state index contributed by atoms with van der Waals surface area (Å²) in [5.41, 5.74) is 0.597. The van der Waals surface area contributed by atoms with Gasteiger partial charge < -0.3 is 14.2 Å². The van der Waals surface area contributed by atoms with Crippen LogP contribution in [-0.2, 0) is 14.3 Å². The lowest BCUT2D eigenvalue weighted by molar-refractivity contribution is -0.137. The zero-order chi connectivity index (χ0) is 23.5. The molecule has 0 fully saturated rings. The monoisotopic (exact) mass is 425 g/mol. The molecule has 0 spiro atoms. The SMILES string of the molecule is C=CC(=O)OCCCCCCOc1ccc(C(=O)OC(=C)/C=C\C(=C)C#N)cc1.CC. The Morgan fingerprint density at radius 2 is 1.61 bits per heavy atom. The molecule has 31 heavy (non-hydrogen) atoms. The van der Waals surface area contributed by atoms with Gasteiger partial charge in [0.1, 0.15) is 11.5 Å². The summed E-state index contributed by atoms with van der Waals surface area (Å²) >= 11 is 0. The highest BCUT2D eigenvalue weighted by molar-refractivity contribution is 5.90. The van der Waals surface area contributed by atoms with Crippen LogP contribution in [0, 0.1) is 11.3 Å². The lowest BCUT2D eigenvalue weighted by atomic mass is 10.2. The Morgan fingerprint density at radius 1 is 1.00 bits per heavy atom. The summed E-state index contributed by atoms with van der Waals surface area (Å²) in [6.45, 7) is 15.4. The zero-order valence-electron chi connectivity index (χ0n) is 18.4. The Kier molecular flexibility index (Phi) is 15.3. The van der Waals surface area contributed by atoms with Gasteiger partial charge in [-0.25, -0.2) is 9.59 Å². The molecule has 0 aliphatic carbocycles. The van der Waals surface area contributed by atoms with Gasteiger partial charge in [-0.1, -0.05) is 33.6 Å². The van der Waals surface area contributed by atoms with Crippen LogP contribution < -0.4 is 4.74 Å². The van der Waals surface area contributed by atoms with Gasteiger partial charge in [0.2, 0.25) is 0 Å². The maximum Gasteiger partial charge on any atom is 0.343 e. The maximum atomic E-state index is 12.0. The van der Waals surface area contributed by atoms with Gasteiger partial charge in [0, 0.05) is 11.6 Å². The summed E-state index contributed by atoms with van der Waals surface area (Å²) in [4.78, 5) is 22.9. The van der Waals surface area contributed by atoms with Crippen molar-refractivity contribution < 1.29 is 23.8 Å². The molecule has 1 aromatic rings. The second-order valence-electron chi connectivity index (χ2n) is 5.98. The molecule has 0 heterocycles. The third-order valence-electron chi connectivity index (χ3n) is 3.65. The Bertz CT molecular complexity index is 800. The van der Waals surface area contributed by atoms with E-state index in [1.54, 1.807) is 24.3 Å². The van der Waals surface area contributed by atoms with Crippen molar-refractivity contribution in [3.63, 3.8) is 0 Å². The molecule has 1 aromatic carbocycles. The van der Waals surface area contributed by atoms with Crippen molar-refractivity contribution in [3.05, 3.63) is 79.1 Å². The average Bonchev–Trinajstić information content (AvgIpc) is 2.80. The maximum absolute atomic E-state index is 12.0. The molecule has 0 saturated heterocycles. The number of nitrogens with zero attached hydrogens (tertiary/aromatic N) is 1. The van der Waals surface area contributed by atoms with Crippen LogP contribution in [0.4, 0.5) is 0 Å². The minimum absolute atomic E-state index is 0.117. The van der Waals surface area contributed by atoms with Crippen LogP contribution in [0.5, 0.6) is 5.75 Å². The molecule has 0 unspecified atom stereocenters. The molecule has 0 radical (unpaired) electrons. The molecule has 0 atom stereocenters. The first kappa shape index (κ1) is 27.4. The quantitative estimate of drug-likeness (QED) is 0.101. The van der Waals surface area contributed by atoms with Gasteiger partial charge in [-0.2, -0.15) is 5.26 Å².